The van der Waals surface area contributed by atoms with Gasteiger partial charge in [0.15, 0.2) is 0 Å². The zero-order chi connectivity index (χ0) is 13.1. The van der Waals surface area contributed by atoms with E-state index in [0.717, 1.165) is 5.56 Å². The van der Waals surface area contributed by atoms with Crippen molar-refractivity contribution >= 4 is 18.6 Å². The molecule has 5 heteroatoms. The van der Waals surface area contributed by atoms with E-state index in [1.54, 1.807) is 18.2 Å². The first-order valence-electron chi connectivity index (χ1n) is 5.40. The third kappa shape index (κ3) is 3.58. The van der Waals surface area contributed by atoms with Crippen LogP contribution in [0.1, 0.15) is 25.8 Å². The van der Waals surface area contributed by atoms with Gasteiger partial charge in [-0.05, 0) is 11.0 Å². The van der Waals surface area contributed by atoms with E-state index in [-0.39, 0.29) is 12.4 Å². The fourth-order valence-electron chi connectivity index (χ4n) is 1.66. The van der Waals surface area contributed by atoms with Crippen LogP contribution < -0.4 is 5.46 Å². The van der Waals surface area contributed by atoms with Crippen molar-refractivity contribution in [1.29, 1.82) is 0 Å². The molecule has 0 aromatic heterocycles. The molecule has 0 heterocycles. The maximum absolute atomic E-state index is 11.3. The fraction of sp³-hybridized carbons (Fsp3) is 0.417. The molecule has 92 valence electrons. The second-order valence-electron chi connectivity index (χ2n) is 4.64. The van der Waals surface area contributed by atoms with Gasteiger partial charge in [-0.2, -0.15) is 0 Å². The van der Waals surface area contributed by atoms with E-state index in [1.165, 1.54) is 7.11 Å². The normalized spacial score (nSPS) is 11.1. The molecule has 0 amide bonds. The van der Waals surface area contributed by atoms with Gasteiger partial charge in [0.1, 0.15) is 0 Å². The number of methoxy groups -OCH3 is 1. The van der Waals surface area contributed by atoms with Gasteiger partial charge < -0.3 is 14.8 Å². The number of carbonyl (C=O) groups is 1. The molecular weight excluding hydrogens is 219 g/mol. The van der Waals surface area contributed by atoms with E-state index >= 15 is 0 Å². The summed E-state index contributed by atoms with van der Waals surface area (Å²) in [6.07, 6.45) is 0.245. The van der Waals surface area contributed by atoms with Gasteiger partial charge in [-0.3, -0.25) is 4.79 Å². The summed E-state index contributed by atoms with van der Waals surface area (Å²) < 4.78 is 4.65. The Morgan fingerprint density at radius 2 is 2.06 bits per heavy atom. The first kappa shape index (κ1) is 13.7. The van der Waals surface area contributed by atoms with Crippen LogP contribution in [0.25, 0.3) is 0 Å². The van der Waals surface area contributed by atoms with Crippen molar-refractivity contribution < 1.29 is 19.6 Å². The number of hydrogen-bond donors (Lipinski definition) is 2. The topological polar surface area (TPSA) is 66.8 Å². The zero-order valence-electron chi connectivity index (χ0n) is 10.3. The highest BCUT2D eigenvalue weighted by molar-refractivity contribution is 6.58. The van der Waals surface area contributed by atoms with Gasteiger partial charge in [0.2, 0.25) is 0 Å². The molecule has 0 spiro atoms. The molecular formula is C12H17BO4. The summed E-state index contributed by atoms with van der Waals surface area (Å²) in [6.45, 7) is 3.82. The molecule has 1 aromatic carbocycles. The number of esters is 1. The molecule has 0 saturated carbocycles. The van der Waals surface area contributed by atoms with E-state index in [4.69, 9.17) is 10.0 Å². The highest BCUT2D eigenvalue weighted by atomic mass is 16.5. The Hall–Kier alpha value is -1.33. The molecule has 0 fully saturated rings. The molecule has 4 nitrogen and oxygen atoms in total. The largest absolute Gasteiger partial charge is 0.488 e. The minimum absolute atomic E-state index is 0.245. The second kappa shape index (κ2) is 5.34. The molecule has 0 aliphatic rings. The van der Waals surface area contributed by atoms with Gasteiger partial charge in [-0.15, -0.1) is 0 Å². The molecule has 1 rings (SSSR count). The lowest BCUT2D eigenvalue weighted by Gasteiger charge is -2.24. The van der Waals surface area contributed by atoms with Crippen molar-refractivity contribution in [1.82, 2.24) is 0 Å². The molecule has 0 aliphatic heterocycles. The van der Waals surface area contributed by atoms with Gasteiger partial charge in [-0.25, -0.2) is 0 Å². The highest BCUT2D eigenvalue weighted by Gasteiger charge is 2.26. The molecule has 2 N–H and O–H groups in total. The summed E-state index contributed by atoms with van der Waals surface area (Å²) in [6, 6.07) is 6.91. The summed E-state index contributed by atoms with van der Waals surface area (Å²) in [5.41, 5.74) is 0.881. The summed E-state index contributed by atoms with van der Waals surface area (Å²) in [5.74, 6) is -0.287. The predicted molar refractivity (Wildman–Crippen MR) is 65.9 cm³/mol. The Labute approximate surface area is 101 Å². The van der Waals surface area contributed by atoms with Crippen LogP contribution in [0, 0.1) is 0 Å². The summed E-state index contributed by atoms with van der Waals surface area (Å²) in [5, 5.41) is 18.2. The minimum Gasteiger partial charge on any atom is -0.469 e. The third-order valence-corrected chi connectivity index (χ3v) is 2.78. The Kier molecular flexibility index (Phi) is 4.31. The summed E-state index contributed by atoms with van der Waals surface area (Å²) in [7, 11) is -0.143. The van der Waals surface area contributed by atoms with Crippen molar-refractivity contribution in [3.63, 3.8) is 0 Å². The van der Waals surface area contributed by atoms with E-state index in [0.29, 0.717) is 5.46 Å². The number of ether oxygens (including phenoxy) is 1. The van der Waals surface area contributed by atoms with Crippen LogP contribution in [0.4, 0.5) is 0 Å². The smallest absolute Gasteiger partial charge is 0.469 e. The molecule has 0 radical (unpaired) electrons. The van der Waals surface area contributed by atoms with Crippen LogP contribution in [0.3, 0.4) is 0 Å². The summed E-state index contributed by atoms with van der Waals surface area (Å²) in [4.78, 5) is 11.3. The van der Waals surface area contributed by atoms with Gasteiger partial charge in [0.05, 0.1) is 13.5 Å². The van der Waals surface area contributed by atoms with Crippen molar-refractivity contribution in [2.45, 2.75) is 25.7 Å². The maximum atomic E-state index is 11.3. The zero-order valence-corrected chi connectivity index (χ0v) is 10.3. The van der Waals surface area contributed by atoms with E-state index < -0.39 is 12.5 Å². The lowest BCUT2D eigenvalue weighted by molar-refractivity contribution is -0.141. The van der Waals surface area contributed by atoms with Crippen LogP contribution in [-0.4, -0.2) is 30.2 Å². The molecule has 17 heavy (non-hydrogen) atoms. The number of carbonyl (C=O) groups excluding carboxylic acids is 1. The lowest BCUT2D eigenvalue weighted by Crippen LogP contribution is -2.32. The first-order valence-corrected chi connectivity index (χ1v) is 5.40. The van der Waals surface area contributed by atoms with Gasteiger partial charge in [-0.1, -0.05) is 38.1 Å². The maximum Gasteiger partial charge on any atom is 0.488 e. The summed E-state index contributed by atoms with van der Waals surface area (Å²) >= 11 is 0. The van der Waals surface area contributed by atoms with E-state index in [2.05, 4.69) is 4.74 Å². The fourth-order valence-corrected chi connectivity index (χ4v) is 1.66. The van der Waals surface area contributed by atoms with Crippen molar-refractivity contribution in [3.05, 3.63) is 29.8 Å². The van der Waals surface area contributed by atoms with Crippen LogP contribution in [0.15, 0.2) is 24.3 Å². The highest BCUT2D eigenvalue weighted by Crippen LogP contribution is 2.26. The monoisotopic (exact) mass is 236 g/mol. The minimum atomic E-state index is -1.50. The molecule has 0 atom stereocenters. The second-order valence-corrected chi connectivity index (χ2v) is 4.64. The molecule has 0 aliphatic carbocycles. The average Bonchev–Trinajstić information content (AvgIpc) is 2.28. The van der Waals surface area contributed by atoms with Crippen LogP contribution in [-0.2, 0) is 14.9 Å². The molecule has 1 aromatic rings. The van der Waals surface area contributed by atoms with Gasteiger partial charge in [0.25, 0.3) is 0 Å². The molecule has 0 bridgehead atoms. The predicted octanol–water partition coefficient (Wildman–Crippen LogP) is 0.207. The first-order chi connectivity index (χ1) is 7.86. The Morgan fingerprint density at radius 1 is 1.41 bits per heavy atom. The average molecular weight is 236 g/mol. The Bertz CT molecular complexity index is 401. The number of benzene rings is 1. The van der Waals surface area contributed by atoms with Crippen molar-refractivity contribution in [2.75, 3.05) is 7.11 Å². The third-order valence-electron chi connectivity index (χ3n) is 2.78. The Balaban J connectivity index is 2.97. The quantitative estimate of drug-likeness (QED) is 0.579. The standard InChI is InChI=1S/C12H17BO4/c1-12(2,8-11(14)17-3)9-5-4-6-10(7-9)13(15)16/h4-7,15-16H,8H2,1-3H3. The van der Waals surface area contributed by atoms with Crippen molar-refractivity contribution in [2.24, 2.45) is 0 Å². The molecule has 0 unspecified atom stereocenters. The van der Waals surface area contributed by atoms with Crippen LogP contribution >= 0.6 is 0 Å². The van der Waals surface area contributed by atoms with Crippen molar-refractivity contribution in [3.8, 4) is 0 Å². The lowest BCUT2D eigenvalue weighted by atomic mass is 9.74. The van der Waals surface area contributed by atoms with Gasteiger partial charge in [0, 0.05) is 5.41 Å². The van der Waals surface area contributed by atoms with Gasteiger partial charge >= 0.3 is 13.1 Å². The van der Waals surface area contributed by atoms with Crippen LogP contribution in [0.5, 0.6) is 0 Å². The van der Waals surface area contributed by atoms with E-state index in [9.17, 15) is 4.79 Å². The van der Waals surface area contributed by atoms with E-state index in [1.807, 2.05) is 19.9 Å². The molecule has 0 saturated heterocycles. The Morgan fingerprint density at radius 3 is 2.59 bits per heavy atom. The SMILES string of the molecule is COC(=O)CC(C)(C)c1cccc(B(O)O)c1. The number of rotatable bonds is 4. The van der Waals surface area contributed by atoms with Crippen LogP contribution in [0.2, 0.25) is 0 Å². The number of hydrogen-bond acceptors (Lipinski definition) is 4.